The van der Waals surface area contributed by atoms with Gasteiger partial charge in [-0.05, 0) is 51.5 Å². The van der Waals surface area contributed by atoms with Crippen LogP contribution in [0.2, 0.25) is 6.04 Å². The van der Waals surface area contributed by atoms with Crippen molar-refractivity contribution in [3.05, 3.63) is 24.3 Å². The van der Waals surface area contributed by atoms with Crippen molar-refractivity contribution in [3.63, 3.8) is 0 Å². The third kappa shape index (κ3) is 5.65. The highest BCUT2D eigenvalue weighted by Gasteiger charge is 2.20. The smallest absolute Gasteiger partial charge is 0.414 e. The molecule has 0 atom stereocenters. The molecule has 20 heavy (non-hydrogen) atoms. The Morgan fingerprint density at radius 1 is 1.25 bits per heavy atom. The second-order valence-electron chi connectivity index (χ2n) is 5.49. The molecule has 0 heterocycles. The minimum absolute atomic E-state index is 0.370. The number of nitrogens with zero attached hydrogens (tertiary/aromatic N) is 1. The number of hydrogen-bond acceptors (Lipinski definition) is 3. The highest BCUT2D eigenvalue weighted by molar-refractivity contribution is 6.08. The van der Waals surface area contributed by atoms with Gasteiger partial charge in [0.15, 0.2) is 0 Å². The van der Waals surface area contributed by atoms with E-state index < -0.39 is 5.60 Å². The molecule has 1 amide bonds. The molecule has 0 bridgehead atoms. The largest absolute Gasteiger partial charge is 0.494 e. The summed E-state index contributed by atoms with van der Waals surface area (Å²) in [6.45, 7) is 6.21. The summed E-state index contributed by atoms with van der Waals surface area (Å²) < 4.78 is 10.9. The van der Waals surface area contributed by atoms with Crippen LogP contribution in [0.15, 0.2) is 24.3 Å². The summed E-state index contributed by atoms with van der Waals surface area (Å²) in [5, 5.41) is 0. The van der Waals surface area contributed by atoms with Gasteiger partial charge in [-0.2, -0.15) is 0 Å². The molecule has 4 nitrogen and oxygen atoms in total. The Kier molecular flexibility index (Phi) is 6.07. The van der Waals surface area contributed by atoms with Crippen molar-refractivity contribution in [2.75, 3.05) is 18.6 Å². The summed E-state index contributed by atoms with van der Waals surface area (Å²) in [7, 11) is 5.09. The van der Waals surface area contributed by atoms with Gasteiger partial charge in [0.1, 0.15) is 11.4 Å². The zero-order valence-corrected chi connectivity index (χ0v) is 13.6. The molecule has 0 N–H and O–H groups in total. The zero-order chi connectivity index (χ0) is 15.2. The molecule has 0 aromatic heterocycles. The van der Waals surface area contributed by atoms with E-state index in [1.807, 2.05) is 45.0 Å². The van der Waals surface area contributed by atoms with Gasteiger partial charge in [0.2, 0.25) is 0 Å². The summed E-state index contributed by atoms with van der Waals surface area (Å²) in [6, 6.07) is 8.30. The Morgan fingerprint density at radius 2 is 1.85 bits per heavy atom. The van der Waals surface area contributed by atoms with Crippen molar-refractivity contribution >= 4 is 22.0 Å². The molecule has 109 valence electrons. The van der Waals surface area contributed by atoms with Gasteiger partial charge < -0.3 is 9.47 Å². The number of hydrogen-bond donors (Lipinski definition) is 0. The molecule has 0 fully saturated rings. The Bertz CT molecular complexity index is 426. The topological polar surface area (TPSA) is 38.8 Å². The van der Waals surface area contributed by atoms with Crippen LogP contribution in [0, 0.1) is 0 Å². The second-order valence-corrected chi connectivity index (χ2v) is 5.99. The highest BCUT2D eigenvalue weighted by atomic mass is 28.1. The van der Waals surface area contributed by atoms with Gasteiger partial charge in [0, 0.05) is 23.0 Å². The number of anilines is 1. The standard InChI is InChI=1S/C15H22NO3Si/c1-15(2,3)19-14(17)16(4)12-6-8-13(9-7-12)18-10-5-11-20/h6-9H,5,10-11H2,1-4H3. The van der Waals surface area contributed by atoms with Crippen LogP contribution in [0.3, 0.4) is 0 Å². The number of benzene rings is 1. The van der Waals surface area contributed by atoms with Crippen LogP contribution in [0.1, 0.15) is 27.2 Å². The normalized spacial score (nSPS) is 11.1. The van der Waals surface area contributed by atoms with Crippen LogP contribution in [0.4, 0.5) is 10.5 Å². The maximum Gasteiger partial charge on any atom is 0.414 e. The second kappa shape index (κ2) is 7.33. The van der Waals surface area contributed by atoms with Crippen molar-refractivity contribution in [3.8, 4) is 5.75 Å². The Morgan fingerprint density at radius 3 is 2.35 bits per heavy atom. The average Bonchev–Trinajstić information content (AvgIpc) is 2.37. The first-order chi connectivity index (χ1) is 9.33. The van der Waals surface area contributed by atoms with E-state index in [4.69, 9.17) is 9.47 Å². The summed E-state index contributed by atoms with van der Waals surface area (Å²) in [6.07, 6.45) is 0.585. The van der Waals surface area contributed by atoms with Crippen LogP contribution >= 0.6 is 0 Å². The molecule has 5 heteroatoms. The molecular formula is C15H22NO3Si. The number of carbonyl (C=O) groups excluding carboxylic acids is 1. The lowest BCUT2D eigenvalue weighted by Crippen LogP contribution is -2.34. The summed E-state index contributed by atoms with van der Waals surface area (Å²) >= 11 is 0. The molecule has 0 spiro atoms. The van der Waals surface area contributed by atoms with Crippen molar-refractivity contribution in [1.82, 2.24) is 0 Å². The minimum atomic E-state index is -0.496. The predicted molar refractivity (Wildman–Crippen MR) is 81.8 cm³/mol. The van der Waals surface area contributed by atoms with Crippen molar-refractivity contribution in [2.24, 2.45) is 0 Å². The fourth-order valence-electron chi connectivity index (χ4n) is 1.46. The van der Waals surface area contributed by atoms with Gasteiger partial charge in [-0.1, -0.05) is 6.04 Å². The molecule has 0 saturated heterocycles. The third-order valence-electron chi connectivity index (χ3n) is 2.48. The fraction of sp³-hybridized carbons (Fsp3) is 0.533. The van der Waals surface area contributed by atoms with E-state index in [-0.39, 0.29) is 6.09 Å². The zero-order valence-electron chi connectivity index (χ0n) is 12.6. The summed E-state index contributed by atoms with van der Waals surface area (Å²) in [4.78, 5) is 13.4. The Hall–Kier alpha value is -1.49. The first-order valence-electron chi connectivity index (χ1n) is 6.67. The Labute approximate surface area is 124 Å². The molecule has 1 rings (SSSR count). The lowest BCUT2D eigenvalue weighted by molar-refractivity contribution is 0.0589. The Balaban J connectivity index is 2.61. The first-order valence-corrected chi connectivity index (χ1v) is 7.38. The van der Waals surface area contributed by atoms with Crippen LogP contribution in [0.25, 0.3) is 0 Å². The molecule has 1 aromatic carbocycles. The van der Waals surface area contributed by atoms with Crippen molar-refractivity contribution < 1.29 is 14.3 Å². The lowest BCUT2D eigenvalue weighted by atomic mass is 10.2. The van der Waals surface area contributed by atoms with Crippen LogP contribution in [-0.2, 0) is 4.74 Å². The monoisotopic (exact) mass is 292 g/mol. The van der Waals surface area contributed by atoms with Crippen molar-refractivity contribution in [2.45, 2.75) is 38.8 Å². The van der Waals surface area contributed by atoms with Gasteiger partial charge in [-0.15, -0.1) is 0 Å². The highest BCUT2D eigenvalue weighted by Crippen LogP contribution is 2.20. The van der Waals surface area contributed by atoms with E-state index in [0.717, 1.165) is 23.9 Å². The maximum atomic E-state index is 11.9. The number of carbonyl (C=O) groups is 1. The van der Waals surface area contributed by atoms with Crippen LogP contribution in [0.5, 0.6) is 5.75 Å². The third-order valence-corrected chi connectivity index (χ3v) is 2.83. The predicted octanol–water partition coefficient (Wildman–Crippen LogP) is 3.41. The molecule has 3 radical (unpaired) electrons. The maximum absolute atomic E-state index is 11.9. The lowest BCUT2D eigenvalue weighted by Gasteiger charge is -2.24. The summed E-state index contributed by atoms with van der Waals surface area (Å²) in [5.41, 5.74) is 0.274. The van der Waals surface area contributed by atoms with E-state index in [0.29, 0.717) is 6.61 Å². The molecule has 0 aliphatic carbocycles. The van der Waals surface area contributed by atoms with Gasteiger partial charge in [0.25, 0.3) is 0 Å². The number of rotatable bonds is 5. The first kappa shape index (κ1) is 16.6. The van der Waals surface area contributed by atoms with E-state index in [9.17, 15) is 4.79 Å². The average molecular weight is 292 g/mol. The summed E-state index contributed by atoms with van der Waals surface area (Å²) in [5.74, 6) is 0.798. The number of amides is 1. The minimum Gasteiger partial charge on any atom is -0.494 e. The van der Waals surface area contributed by atoms with E-state index in [2.05, 4.69) is 10.2 Å². The van der Waals surface area contributed by atoms with Crippen molar-refractivity contribution in [1.29, 1.82) is 0 Å². The van der Waals surface area contributed by atoms with Crippen LogP contribution in [-0.4, -0.2) is 35.6 Å². The van der Waals surface area contributed by atoms with Gasteiger partial charge >= 0.3 is 6.09 Å². The van der Waals surface area contributed by atoms with E-state index in [1.165, 1.54) is 4.90 Å². The van der Waals surface area contributed by atoms with E-state index >= 15 is 0 Å². The SMILES string of the molecule is CN(C(=O)OC(C)(C)C)c1ccc(OCCC[Si])cc1. The molecule has 0 aliphatic heterocycles. The molecule has 1 aromatic rings. The molecule has 0 saturated carbocycles. The quantitative estimate of drug-likeness (QED) is 0.616. The molecular weight excluding hydrogens is 270 g/mol. The van der Waals surface area contributed by atoms with E-state index in [1.54, 1.807) is 7.05 Å². The van der Waals surface area contributed by atoms with Gasteiger partial charge in [0.05, 0.1) is 6.61 Å². The van der Waals surface area contributed by atoms with Gasteiger partial charge in [-0.3, -0.25) is 4.90 Å². The van der Waals surface area contributed by atoms with Gasteiger partial charge in [-0.25, -0.2) is 4.79 Å². The molecule has 0 aliphatic rings. The van der Waals surface area contributed by atoms with Crippen LogP contribution < -0.4 is 9.64 Å². The fourth-order valence-corrected chi connectivity index (χ4v) is 1.61. The number of ether oxygens (including phenoxy) is 2. The molecule has 0 unspecified atom stereocenters.